The summed E-state index contributed by atoms with van der Waals surface area (Å²) < 4.78 is 8.60. The Balaban J connectivity index is 1.30. The van der Waals surface area contributed by atoms with Crippen molar-refractivity contribution in [3.8, 4) is 16.9 Å². The average molecular weight is 512 g/mol. The largest absolute Gasteiger partial charge is 0.456 e. The second-order valence-electron chi connectivity index (χ2n) is 10.3. The Morgan fingerprint density at radius 1 is 0.525 bits per heavy atom. The molecule has 0 saturated heterocycles. The summed E-state index contributed by atoms with van der Waals surface area (Å²) in [6.07, 6.45) is 1.83. The number of fused-ring (bicyclic) bond motifs is 9. The molecule has 0 N–H and O–H groups in total. The van der Waals surface area contributed by atoms with Gasteiger partial charge in [0.2, 0.25) is 0 Å². The molecule has 0 saturated carbocycles. The number of hydrogen-bond acceptors (Lipinski definition) is 3. The maximum atomic E-state index is 6.24. The minimum atomic E-state index is 0.909. The minimum Gasteiger partial charge on any atom is -0.456 e. The number of aromatic nitrogens is 3. The molecule has 0 bridgehead atoms. The quantitative estimate of drug-likeness (QED) is 0.217. The summed E-state index contributed by atoms with van der Waals surface area (Å²) in [7, 11) is 0. The number of hydrogen-bond donors (Lipinski definition) is 0. The fourth-order valence-corrected chi connectivity index (χ4v) is 6.15. The monoisotopic (exact) mass is 511 g/mol. The van der Waals surface area contributed by atoms with Gasteiger partial charge in [-0.05, 0) is 48.5 Å². The van der Waals surface area contributed by atoms with Crippen molar-refractivity contribution in [2.45, 2.75) is 0 Å². The van der Waals surface area contributed by atoms with Gasteiger partial charge in [0.05, 0.1) is 27.8 Å². The number of rotatable bonds is 2. The number of benzene rings is 5. The molecule has 0 radical (unpaired) electrons. The van der Waals surface area contributed by atoms with E-state index in [2.05, 4.69) is 113 Å². The molecular formula is C36H21N3O. The van der Waals surface area contributed by atoms with E-state index in [1.807, 2.05) is 24.4 Å². The predicted molar refractivity (Wildman–Crippen MR) is 164 cm³/mol. The highest BCUT2D eigenvalue weighted by molar-refractivity contribution is 6.17. The van der Waals surface area contributed by atoms with E-state index in [0.717, 1.165) is 71.7 Å². The van der Waals surface area contributed by atoms with Gasteiger partial charge in [0.15, 0.2) is 0 Å². The van der Waals surface area contributed by atoms with E-state index >= 15 is 0 Å². The molecule has 0 unspecified atom stereocenters. The molecule has 4 heteroatoms. The summed E-state index contributed by atoms with van der Waals surface area (Å²) in [5, 5.41) is 6.81. The third kappa shape index (κ3) is 3.01. The van der Waals surface area contributed by atoms with E-state index < -0.39 is 0 Å². The summed E-state index contributed by atoms with van der Waals surface area (Å²) in [5.41, 5.74) is 9.06. The van der Waals surface area contributed by atoms with E-state index in [1.54, 1.807) is 0 Å². The number of furan rings is 1. The van der Waals surface area contributed by atoms with Crippen molar-refractivity contribution >= 4 is 65.6 Å². The molecule has 4 nitrogen and oxygen atoms in total. The summed E-state index contributed by atoms with van der Waals surface area (Å²) in [4.78, 5) is 9.74. The highest BCUT2D eigenvalue weighted by Gasteiger charge is 2.17. The number of nitrogens with zero attached hydrogens (tertiary/aromatic N) is 3. The molecule has 0 amide bonds. The van der Waals surface area contributed by atoms with Gasteiger partial charge in [-0.25, -0.2) is 4.98 Å². The van der Waals surface area contributed by atoms with Crippen LogP contribution in [0, 0.1) is 0 Å². The number of para-hydroxylation sites is 2. The standard InChI is InChI=1S/C36H21N3O/c1-3-12-31-26(10-1)28-21-34-29(27-11-2-4-13-33(27)40-34)20-32(28)39(31)25-9-5-7-24(19-25)30-17-16-23-15-14-22-8-6-18-37-35(22)36(23)38-30/h1-21H. The van der Waals surface area contributed by atoms with Crippen LogP contribution in [0.2, 0.25) is 0 Å². The van der Waals surface area contributed by atoms with Crippen molar-refractivity contribution in [1.82, 2.24) is 14.5 Å². The van der Waals surface area contributed by atoms with Crippen molar-refractivity contribution in [1.29, 1.82) is 0 Å². The zero-order valence-electron chi connectivity index (χ0n) is 21.4. The van der Waals surface area contributed by atoms with Crippen LogP contribution in [0.15, 0.2) is 132 Å². The maximum Gasteiger partial charge on any atom is 0.136 e. The van der Waals surface area contributed by atoms with Crippen LogP contribution in [0.5, 0.6) is 0 Å². The van der Waals surface area contributed by atoms with Crippen LogP contribution in [-0.2, 0) is 0 Å². The molecule has 0 aliphatic heterocycles. The zero-order valence-corrected chi connectivity index (χ0v) is 21.4. The van der Waals surface area contributed by atoms with E-state index in [-0.39, 0.29) is 0 Å². The lowest BCUT2D eigenvalue weighted by molar-refractivity contribution is 0.669. The molecule has 4 aromatic heterocycles. The van der Waals surface area contributed by atoms with Crippen molar-refractivity contribution in [3.05, 3.63) is 128 Å². The molecule has 5 aromatic carbocycles. The highest BCUT2D eigenvalue weighted by atomic mass is 16.3. The van der Waals surface area contributed by atoms with Gasteiger partial charge in [-0.2, -0.15) is 0 Å². The number of pyridine rings is 2. The Morgan fingerprint density at radius 3 is 2.30 bits per heavy atom. The SMILES string of the molecule is c1cc(-c2ccc3ccc4cccnc4c3n2)cc(-n2c3ccccc3c3cc4oc5ccccc5c4cc32)c1. The van der Waals surface area contributed by atoms with Crippen molar-refractivity contribution < 1.29 is 4.42 Å². The summed E-state index contributed by atoms with van der Waals surface area (Å²) >= 11 is 0. The Kier molecular flexibility index (Phi) is 4.30. The first-order chi connectivity index (χ1) is 19.8. The van der Waals surface area contributed by atoms with Crippen LogP contribution in [-0.4, -0.2) is 14.5 Å². The molecule has 0 fully saturated rings. The van der Waals surface area contributed by atoms with Crippen molar-refractivity contribution in [2.75, 3.05) is 0 Å². The fraction of sp³-hybridized carbons (Fsp3) is 0. The Morgan fingerprint density at radius 2 is 1.35 bits per heavy atom. The van der Waals surface area contributed by atoms with Crippen LogP contribution >= 0.6 is 0 Å². The van der Waals surface area contributed by atoms with Gasteiger partial charge >= 0.3 is 0 Å². The average Bonchev–Trinajstić information content (AvgIpc) is 3.54. The van der Waals surface area contributed by atoms with E-state index in [9.17, 15) is 0 Å². The molecule has 9 aromatic rings. The Hall–Kier alpha value is -5.48. The molecule has 40 heavy (non-hydrogen) atoms. The minimum absolute atomic E-state index is 0.909. The second-order valence-corrected chi connectivity index (χ2v) is 10.3. The molecule has 0 atom stereocenters. The third-order valence-corrected chi connectivity index (χ3v) is 8.00. The van der Waals surface area contributed by atoms with Crippen LogP contribution < -0.4 is 0 Å². The predicted octanol–water partition coefficient (Wildman–Crippen LogP) is 9.45. The van der Waals surface area contributed by atoms with Crippen LogP contribution in [0.4, 0.5) is 0 Å². The van der Waals surface area contributed by atoms with Gasteiger partial charge in [0.1, 0.15) is 11.2 Å². The lowest BCUT2D eigenvalue weighted by Gasteiger charge is -2.11. The van der Waals surface area contributed by atoms with Crippen LogP contribution in [0.1, 0.15) is 0 Å². The fourth-order valence-electron chi connectivity index (χ4n) is 6.15. The smallest absolute Gasteiger partial charge is 0.136 e. The van der Waals surface area contributed by atoms with Crippen LogP contribution in [0.3, 0.4) is 0 Å². The first-order valence-corrected chi connectivity index (χ1v) is 13.4. The molecule has 186 valence electrons. The normalized spacial score (nSPS) is 12.0. The van der Waals surface area contributed by atoms with E-state index in [1.165, 1.54) is 10.8 Å². The third-order valence-electron chi connectivity index (χ3n) is 8.00. The van der Waals surface area contributed by atoms with Gasteiger partial charge in [-0.3, -0.25) is 4.98 Å². The molecular weight excluding hydrogens is 490 g/mol. The molecule has 4 heterocycles. The highest BCUT2D eigenvalue weighted by Crippen LogP contribution is 2.38. The molecule has 0 aliphatic carbocycles. The van der Waals surface area contributed by atoms with Crippen molar-refractivity contribution in [3.63, 3.8) is 0 Å². The molecule has 9 rings (SSSR count). The van der Waals surface area contributed by atoms with Gasteiger partial charge in [-0.15, -0.1) is 0 Å². The second kappa shape index (κ2) is 8.01. The van der Waals surface area contributed by atoms with Gasteiger partial charge in [0, 0.05) is 49.8 Å². The Labute approximate surface area is 228 Å². The van der Waals surface area contributed by atoms with Crippen LogP contribution in [0.25, 0.3) is 82.5 Å². The molecule has 0 spiro atoms. The van der Waals surface area contributed by atoms with Gasteiger partial charge in [-0.1, -0.05) is 72.8 Å². The lowest BCUT2D eigenvalue weighted by atomic mass is 10.1. The summed E-state index contributed by atoms with van der Waals surface area (Å²) in [6.45, 7) is 0. The van der Waals surface area contributed by atoms with E-state index in [0.29, 0.717) is 0 Å². The van der Waals surface area contributed by atoms with Gasteiger partial charge < -0.3 is 8.98 Å². The maximum absolute atomic E-state index is 6.24. The zero-order chi connectivity index (χ0) is 26.2. The van der Waals surface area contributed by atoms with Crippen molar-refractivity contribution in [2.24, 2.45) is 0 Å². The summed E-state index contributed by atoms with van der Waals surface area (Å²) in [6, 6.07) is 42.4. The first-order valence-electron chi connectivity index (χ1n) is 13.4. The lowest BCUT2D eigenvalue weighted by Crippen LogP contribution is -1.95. The Bertz CT molecular complexity index is 2450. The molecule has 0 aliphatic rings. The van der Waals surface area contributed by atoms with E-state index in [4.69, 9.17) is 9.40 Å². The first kappa shape index (κ1) is 21.5. The summed E-state index contributed by atoms with van der Waals surface area (Å²) in [5.74, 6) is 0. The van der Waals surface area contributed by atoms with Gasteiger partial charge in [0.25, 0.3) is 0 Å². The topological polar surface area (TPSA) is 43.9 Å².